The standard InChI is InChI=1S/C11H21N3O/c1-8-11(15)13-6-7-14(8)10-4-2-9(12)3-5-10/h8-10H,2-7,12H2,1H3,(H,13,15). The Morgan fingerprint density at radius 1 is 1.33 bits per heavy atom. The fourth-order valence-corrected chi connectivity index (χ4v) is 2.73. The third kappa shape index (κ3) is 2.32. The maximum Gasteiger partial charge on any atom is 0.237 e. The molecule has 3 N–H and O–H groups in total. The molecule has 0 aromatic heterocycles. The first-order valence-corrected chi connectivity index (χ1v) is 5.97. The molecule has 2 aliphatic rings. The molecule has 4 nitrogen and oxygen atoms in total. The summed E-state index contributed by atoms with van der Waals surface area (Å²) >= 11 is 0. The van der Waals surface area contributed by atoms with Crippen molar-refractivity contribution in [2.24, 2.45) is 5.73 Å². The van der Waals surface area contributed by atoms with E-state index in [1.807, 2.05) is 6.92 Å². The van der Waals surface area contributed by atoms with Crippen molar-refractivity contribution in [3.05, 3.63) is 0 Å². The minimum Gasteiger partial charge on any atom is -0.353 e. The Hall–Kier alpha value is -0.610. The molecule has 1 unspecified atom stereocenters. The summed E-state index contributed by atoms with van der Waals surface area (Å²) in [6.45, 7) is 3.79. The van der Waals surface area contributed by atoms with Crippen LogP contribution >= 0.6 is 0 Å². The van der Waals surface area contributed by atoms with Crippen LogP contribution in [-0.2, 0) is 4.79 Å². The Kier molecular flexibility index (Phi) is 3.26. The van der Waals surface area contributed by atoms with Crippen LogP contribution in [-0.4, -0.2) is 42.0 Å². The molecule has 2 rings (SSSR count). The highest BCUT2D eigenvalue weighted by atomic mass is 16.2. The van der Waals surface area contributed by atoms with Gasteiger partial charge >= 0.3 is 0 Å². The van der Waals surface area contributed by atoms with E-state index in [9.17, 15) is 4.79 Å². The summed E-state index contributed by atoms with van der Waals surface area (Å²) in [7, 11) is 0. The number of nitrogens with zero attached hydrogens (tertiary/aromatic N) is 1. The van der Waals surface area contributed by atoms with Crippen LogP contribution in [0.3, 0.4) is 0 Å². The van der Waals surface area contributed by atoms with E-state index in [0.717, 1.165) is 38.8 Å². The highest BCUT2D eigenvalue weighted by Gasteiger charge is 2.32. The molecule has 1 saturated heterocycles. The lowest BCUT2D eigenvalue weighted by molar-refractivity contribution is -0.129. The Balaban J connectivity index is 1.94. The molecule has 0 spiro atoms. The lowest BCUT2D eigenvalue weighted by Gasteiger charge is -2.41. The molecule has 15 heavy (non-hydrogen) atoms. The summed E-state index contributed by atoms with van der Waals surface area (Å²) in [5.74, 6) is 0.177. The highest BCUT2D eigenvalue weighted by Crippen LogP contribution is 2.24. The monoisotopic (exact) mass is 211 g/mol. The summed E-state index contributed by atoms with van der Waals surface area (Å²) < 4.78 is 0. The molecular weight excluding hydrogens is 190 g/mol. The Morgan fingerprint density at radius 2 is 2.00 bits per heavy atom. The first kappa shape index (κ1) is 10.9. The van der Waals surface area contributed by atoms with Gasteiger partial charge in [0.05, 0.1) is 6.04 Å². The van der Waals surface area contributed by atoms with Crippen LogP contribution in [0.2, 0.25) is 0 Å². The van der Waals surface area contributed by atoms with Gasteiger partial charge in [-0.05, 0) is 32.6 Å². The predicted octanol–water partition coefficient (Wildman–Crippen LogP) is 0.0766. The number of carbonyl (C=O) groups excluding carboxylic acids is 1. The summed E-state index contributed by atoms with van der Waals surface area (Å²) in [4.78, 5) is 13.9. The van der Waals surface area contributed by atoms with Crippen LogP contribution in [0, 0.1) is 0 Å². The quantitative estimate of drug-likeness (QED) is 0.645. The maximum atomic E-state index is 11.5. The molecule has 0 radical (unpaired) electrons. The van der Waals surface area contributed by atoms with Crippen molar-refractivity contribution in [2.75, 3.05) is 13.1 Å². The van der Waals surface area contributed by atoms with Crippen LogP contribution in [0.5, 0.6) is 0 Å². The van der Waals surface area contributed by atoms with Gasteiger partial charge in [0.2, 0.25) is 5.91 Å². The van der Waals surface area contributed by atoms with Gasteiger partial charge < -0.3 is 11.1 Å². The first-order valence-electron chi connectivity index (χ1n) is 5.97. The Morgan fingerprint density at radius 3 is 2.67 bits per heavy atom. The number of rotatable bonds is 1. The van der Waals surface area contributed by atoms with Crippen molar-refractivity contribution in [3.8, 4) is 0 Å². The van der Waals surface area contributed by atoms with Crippen LogP contribution in [0.1, 0.15) is 32.6 Å². The predicted molar refractivity (Wildman–Crippen MR) is 59.4 cm³/mol. The zero-order valence-electron chi connectivity index (χ0n) is 9.41. The van der Waals surface area contributed by atoms with Gasteiger partial charge in [0, 0.05) is 25.2 Å². The fraction of sp³-hybridized carbons (Fsp3) is 0.909. The first-order chi connectivity index (χ1) is 7.18. The van der Waals surface area contributed by atoms with Crippen LogP contribution < -0.4 is 11.1 Å². The number of hydrogen-bond acceptors (Lipinski definition) is 3. The number of carbonyl (C=O) groups is 1. The van der Waals surface area contributed by atoms with Crippen molar-refractivity contribution in [1.29, 1.82) is 0 Å². The van der Waals surface area contributed by atoms with Crippen molar-refractivity contribution in [2.45, 2.75) is 50.7 Å². The molecule has 0 aromatic rings. The molecular formula is C11H21N3O. The molecule has 0 aromatic carbocycles. The summed E-state index contributed by atoms with van der Waals surface area (Å²) in [5.41, 5.74) is 5.89. The summed E-state index contributed by atoms with van der Waals surface area (Å²) in [6, 6.07) is 0.999. The van der Waals surface area contributed by atoms with E-state index < -0.39 is 0 Å². The summed E-state index contributed by atoms with van der Waals surface area (Å²) in [6.07, 6.45) is 4.52. The number of hydrogen-bond donors (Lipinski definition) is 2. The molecule has 1 atom stereocenters. The average molecular weight is 211 g/mol. The molecule has 1 heterocycles. The van der Waals surface area contributed by atoms with E-state index >= 15 is 0 Å². The minimum atomic E-state index is 0.0399. The second-order valence-electron chi connectivity index (χ2n) is 4.77. The van der Waals surface area contributed by atoms with E-state index in [-0.39, 0.29) is 11.9 Å². The van der Waals surface area contributed by atoms with Crippen LogP contribution in [0.4, 0.5) is 0 Å². The normalized spacial score (nSPS) is 38.8. The van der Waals surface area contributed by atoms with E-state index in [1.54, 1.807) is 0 Å². The van der Waals surface area contributed by atoms with Crippen molar-refractivity contribution >= 4 is 5.91 Å². The zero-order valence-corrected chi connectivity index (χ0v) is 9.41. The molecule has 4 heteroatoms. The molecule has 86 valence electrons. The average Bonchev–Trinajstić information content (AvgIpc) is 2.24. The third-order valence-corrected chi connectivity index (χ3v) is 3.76. The molecule has 2 fully saturated rings. The van der Waals surface area contributed by atoms with Gasteiger partial charge in [-0.1, -0.05) is 0 Å². The highest BCUT2D eigenvalue weighted by molar-refractivity contribution is 5.82. The topological polar surface area (TPSA) is 58.4 Å². The van der Waals surface area contributed by atoms with Gasteiger partial charge in [0.25, 0.3) is 0 Å². The van der Waals surface area contributed by atoms with Crippen molar-refractivity contribution in [1.82, 2.24) is 10.2 Å². The van der Waals surface area contributed by atoms with Gasteiger partial charge in [0.15, 0.2) is 0 Å². The van der Waals surface area contributed by atoms with Gasteiger partial charge in [-0.15, -0.1) is 0 Å². The van der Waals surface area contributed by atoms with Gasteiger partial charge in [-0.2, -0.15) is 0 Å². The Labute approximate surface area is 91.2 Å². The fourth-order valence-electron chi connectivity index (χ4n) is 2.73. The summed E-state index contributed by atoms with van der Waals surface area (Å²) in [5, 5.41) is 2.90. The van der Waals surface area contributed by atoms with Crippen LogP contribution in [0.15, 0.2) is 0 Å². The number of piperazine rings is 1. The molecule has 1 saturated carbocycles. The van der Waals surface area contributed by atoms with E-state index in [1.165, 1.54) is 0 Å². The number of nitrogens with one attached hydrogen (secondary N) is 1. The molecule has 1 aliphatic heterocycles. The number of nitrogens with two attached hydrogens (primary N) is 1. The van der Waals surface area contributed by atoms with Crippen molar-refractivity contribution < 1.29 is 4.79 Å². The lowest BCUT2D eigenvalue weighted by atomic mass is 9.89. The van der Waals surface area contributed by atoms with E-state index in [4.69, 9.17) is 5.73 Å². The van der Waals surface area contributed by atoms with Gasteiger partial charge in [0.1, 0.15) is 0 Å². The third-order valence-electron chi connectivity index (χ3n) is 3.76. The second kappa shape index (κ2) is 4.49. The SMILES string of the molecule is CC1C(=O)NCCN1C1CCC(N)CC1. The Bertz CT molecular complexity index is 236. The smallest absolute Gasteiger partial charge is 0.237 e. The number of amides is 1. The van der Waals surface area contributed by atoms with E-state index in [2.05, 4.69) is 10.2 Å². The van der Waals surface area contributed by atoms with Gasteiger partial charge in [-0.25, -0.2) is 0 Å². The second-order valence-corrected chi connectivity index (χ2v) is 4.77. The van der Waals surface area contributed by atoms with E-state index in [0.29, 0.717) is 12.1 Å². The van der Waals surface area contributed by atoms with Crippen LogP contribution in [0.25, 0.3) is 0 Å². The minimum absolute atomic E-state index is 0.0399. The molecule has 1 amide bonds. The largest absolute Gasteiger partial charge is 0.353 e. The van der Waals surface area contributed by atoms with Gasteiger partial charge in [-0.3, -0.25) is 9.69 Å². The zero-order chi connectivity index (χ0) is 10.8. The maximum absolute atomic E-state index is 11.5. The molecule has 0 bridgehead atoms. The lowest BCUT2D eigenvalue weighted by Crippen LogP contribution is -2.58. The molecule has 1 aliphatic carbocycles. The van der Waals surface area contributed by atoms with Crippen molar-refractivity contribution in [3.63, 3.8) is 0 Å².